The van der Waals surface area contributed by atoms with E-state index in [1.807, 2.05) is 21.1 Å². The van der Waals surface area contributed by atoms with Gasteiger partial charge in [0.25, 0.3) is 7.82 Å². The summed E-state index contributed by atoms with van der Waals surface area (Å²) in [4.78, 5) is 38.1. The molecule has 0 amide bonds. The van der Waals surface area contributed by atoms with E-state index in [0.717, 1.165) is 103 Å². The Labute approximate surface area is 531 Å². The Kier molecular flexibility index (Phi) is 63.5. The van der Waals surface area contributed by atoms with Crippen LogP contribution in [0, 0.1) is 0 Å². The Balaban J connectivity index is 4.10. The van der Waals surface area contributed by atoms with E-state index in [1.165, 1.54) is 173 Å². The van der Waals surface area contributed by atoms with Gasteiger partial charge in [-0.15, -0.1) is 0 Å². The molecular weight excluding hydrogens is 1090 g/mol. The van der Waals surface area contributed by atoms with Crippen molar-refractivity contribution in [2.45, 2.75) is 315 Å². The highest BCUT2D eigenvalue weighted by molar-refractivity contribution is 7.45. The summed E-state index contributed by atoms with van der Waals surface area (Å²) in [6.45, 7) is 4.15. The van der Waals surface area contributed by atoms with Crippen LogP contribution in [0.2, 0.25) is 0 Å². The van der Waals surface area contributed by atoms with Crippen LogP contribution in [0.1, 0.15) is 309 Å². The first-order chi connectivity index (χ1) is 42.0. The minimum Gasteiger partial charge on any atom is -0.756 e. The zero-order chi connectivity index (χ0) is 62.6. The smallest absolute Gasteiger partial charge is 0.306 e. The van der Waals surface area contributed by atoms with Gasteiger partial charge in [0.15, 0.2) is 6.10 Å². The van der Waals surface area contributed by atoms with Gasteiger partial charge in [-0.25, -0.2) is 0 Å². The van der Waals surface area contributed by atoms with E-state index >= 15 is 0 Å². The van der Waals surface area contributed by atoms with Crippen LogP contribution >= 0.6 is 7.82 Å². The maximum atomic E-state index is 12.9. The Morgan fingerprint density at radius 1 is 0.372 bits per heavy atom. The van der Waals surface area contributed by atoms with Crippen molar-refractivity contribution in [3.8, 4) is 0 Å². The molecule has 0 saturated carbocycles. The third kappa shape index (κ3) is 69.8. The Morgan fingerprint density at radius 3 is 0.988 bits per heavy atom. The van der Waals surface area contributed by atoms with Gasteiger partial charge in [-0.05, 0) is 83.5 Å². The fourth-order valence-electron chi connectivity index (χ4n) is 9.89. The SMILES string of the molecule is CC/C=C\C/C=C\C/C=C\C/C=C\C/C=C\C/C=C\C/C=C\C/C=C\C/C=C\CCCCCCCCCC(=O)OC(COC(=O)CCCCCCCCCCCCCCCCCCCCCCCCCCCCC)COP(=O)([O-])OCC[N+](C)(C)C. The second-order valence-electron chi connectivity index (χ2n) is 24.9. The molecule has 0 aromatic heterocycles. The van der Waals surface area contributed by atoms with Gasteiger partial charge in [-0.2, -0.15) is 0 Å². The summed E-state index contributed by atoms with van der Waals surface area (Å²) in [6, 6.07) is 0. The number of rotatable bonds is 65. The molecule has 0 aliphatic rings. The Hall–Kier alpha value is -3.33. The zero-order valence-electron chi connectivity index (χ0n) is 56.5. The molecule has 0 radical (unpaired) electrons. The van der Waals surface area contributed by atoms with E-state index in [0.29, 0.717) is 17.4 Å². The molecule has 0 heterocycles. The molecule has 0 aliphatic heterocycles. The lowest BCUT2D eigenvalue weighted by Gasteiger charge is -2.28. The van der Waals surface area contributed by atoms with E-state index < -0.39 is 26.5 Å². The van der Waals surface area contributed by atoms with Crippen LogP contribution in [0.5, 0.6) is 0 Å². The number of hydrogen-bond acceptors (Lipinski definition) is 8. The molecule has 86 heavy (non-hydrogen) atoms. The first-order valence-corrected chi connectivity index (χ1v) is 37.1. The van der Waals surface area contributed by atoms with E-state index in [9.17, 15) is 19.0 Å². The predicted octanol–water partition coefficient (Wildman–Crippen LogP) is 22.6. The molecule has 0 spiro atoms. The number of allylic oxidation sites excluding steroid dienone is 18. The molecule has 0 aliphatic carbocycles. The lowest BCUT2D eigenvalue weighted by Crippen LogP contribution is -2.37. The number of phosphoric acid groups is 1. The van der Waals surface area contributed by atoms with Gasteiger partial charge in [0.1, 0.15) is 19.8 Å². The number of carbonyl (C=O) groups is 2. The highest BCUT2D eigenvalue weighted by Gasteiger charge is 2.22. The summed E-state index contributed by atoms with van der Waals surface area (Å²) in [7, 11) is 1.16. The maximum Gasteiger partial charge on any atom is 0.306 e. The van der Waals surface area contributed by atoms with Crippen LogP contribution < -0.4 is 4.89 Å². The molecule has 0 fully saturated rings. The zero-order valence-corrected chi connectivity index (χ0v) is 57.4. The Morgan fingerprint density at radius 2 is 0.663 bits per heavy atom. The number of ether oxygens (including phenoxy) is 2. The lowest BCUT2D eigenvalue weighted by molar-refractivity contribution is -0.870. The van der Waals surface area contributed by atoms with Gasteiger partial charge in [-0.1, -0.05) is 322 Å². The van der Waals surface area contributed by atoms with Gasteiger partial charge in [-0.3, -0.25) is 14.2 Å². The molecule has 0 saturated heterocycles. The fourth-order valence-corrected chi connectivity index (χ4v) is 10.6. The molecule has 0 rings (SSSR count). The average molecular weight is 1220 g/mol. The summed E-state index contributed by atoms with van der Waals surface area (Å²) in [5.41, 5.74) is 0. The van der Waals surface area contributed by atoms with Crippen molar-refractivity contribution in [1.82, 2.24) is 0 Å². The molecular formula is C76H134NO8P. The number of quaternary nitrogens is 1. The second-order valence-corrected chi connectivity index (χ2v) is 26.3. The van der Waals surface area contributed by atoms with Crippen LogP contribution in [0.15, 0.2) is 109 Å². The van der Waals surface area contributed by atoms with Crippen LogP contribution in [-0.2, 0) is 32.7 Å². The van der Waals surface area contributed by atoms with Crippen molar-refractivity contribution in [2.75, 3.05) is 47.5 Å². The predicted molar refractivity (Wildman–Crippen MR) is 369 cm³/mol. The number of carbonyl (C=O) groups excluding carboxylic acids is 2. The minimum atomic E-state index is -4.65. The van der Waals surface area contributed by atoms with Crippen LogP contribution in [0.25, 0.3) is 0 Å². The normalized spacial score (nSPS) is 13.8. The fraction of sp³-hybridized carbons (Fsp3) is 0.737. The largest absolute Gasteiger partial charge is 0.756 e. The first kappa shape index (κ1) is 82.7. The van der Waals surface area contributed by atoms with Gasteiger partial charge in [0.05, 0.1) is 27.7 Å². The van der Waals surface area contributed by atoms with Gasteiger partial charge in [0.2, 0.25) is 0 Å². The number of nitrogens with zero attached hydrogens (tertiary/aromatic N) is 1. The third-order valence-corrected chi connectivity index (χ3v) is 16.3. The van der Waals surface area contributed by atoms with Crippen molar-refractivity contribution >= 4 is 19.8 Å². The van der Waals surface area contributed by atoms with Crippen molar-refractivity contribution in [3.63, 3.8) is 0 Å². The quantitative estimate of drug-likeness (QED) is 0.0195. The molecule has 0 N–H and O–H groups in total. The van der Waals surface area contributed by atoms with Crippen LogP contribution in [-0.4, -0.2) is 70.0 Å². The molecule has 0 aromatic carbocycles. The van der Waals surface area contributed by atoms with E-state index in [2.05, 4.69) is 123 Å². The molecule has 496 valence electrons. The minimum absolute atomic E-state index is 0.0367. The van der Waals surface area contributed by atoms with Crippen molar-refractivity contribution < 1.29 is 42.1 Å². The maximum absolute atomic E-state index is 12.9. The standard InChI is InChI=1S/C76H134NO8P/c1-6-8-10-12-14-16-18-20-22-24-26-28-30-32-34-35-36-37-38-39-40-41-43-45-47-49-51-53-55-57-59-61-63-65-67-69-76(79)85-74(73-84-86(80,81)83-71-70-77(3,4)5)72-82-75(78)68-66-64-62-60-58-56-54-52-50-48-46-44-42-33-31-29-27-25-23-21-19-17-15-13-11-9-7-2/h8,10,14,16,20,22,26,28,32,34,36-37,39-40,43,45,49,51,74H,6-7,9,11-13,15,17-19,21,23-25,27,29-31,33,35,38,41-42,44,46-48,50,52-73H2,1-5H3/b10-8-,16-14-,22-20-,28-26-,34-32-,37-36-,40-39-,45-43-,51-49-. The lowest BCUT2D eigenvalue weighted by atomic mass is 10.0. The van der Waals surface area contributed by atoms with E-state index in [4.69, 9.17) is 18.5 Å². The molecule has 2 unspecified atom stereocenters. The third-order valence-electron chi connectivity index (χ3n) is 15.3. The average Bonchev–Trinajstić information content (AvgIpc) is 3.56. The molecule has 2 atom stereocenters. The molecule has 0 bridgehead atoms. The number of unbranched alkanes of at least 4 members (excludes halogenated alkanes) is 33. The van der Waals surface area contributed by atoms with Gasteiger partial charge < -0.3 is 27.9 Å². The van der Waals surface area contributed by atoms with E-state index in [1.54, 1.807) is 0 Å². The van der Waals surface area contributed by atoms with Crippen molar-refractivity contribution in [3.05, 3.63) is 109 Å². The highest BCUT2D eigenvalue weighted by atomic mass is 31.2. The van der Waals surface area contributed by atoms with Crippen LogP contribution in [0.3, 0.4) is 0 Å². The topological polar surface area (TPSA) is 111 Å². The monoisotopic (exact) mass is 1220 g/mol. The summed E-state index contributed by atoms with van der Waals surface area (Å²) < 4.78 is 34.3. The van der Waals surface area contributed by atoms with Gasteiger partial charge >= 0.3 is 11.9 Å². The number of likely N-dealkylation sites (N-methyl/N-ethyl adjacent to an activating group) is 1. The summed E-state index contributed by atoms with van der Waals surface area (Å²) >= 11 is 0. The summed E-state index contributed by atoms with van der Waals surface area (Å²) in [6.07, 6.45) is 93.1. The molecule has 10 heteroatoms. The van der Waals surface area contributed by atoms with E-state index in [-0.39, 0.29) is 32.0 Å². The molecule has 9 nitrogen and oxygen atoms in total. The first-order valence-electron chi connectivity index (χ1n) is 35.6. The Bertz CT molecular complexity index is 1820. The summed E-state index contributed by atoms with van der Waals surface area (Å²) in [5.74, 6) is -0.840. The summed E-state index contributed by atoms with van der Waals surface area (Å²) in [5, 5.41) is 0. The van der Waals surface area contributed by atoms with Gasteiger partial charge in [0, 0.05) is 12.8 Å². The second kappa shape index (κ2) is 66.1. The number of phosphoric ester groups is 1. The highest BCUT2D eigenvalue weighted by Crippen LogP contribution is 2.38. The number of hydrogen-bond donors (Lipinski definition) is 0. The number of esters is 2. The van der Waals surface area contributed by atoms with Crippen LogP contribution in [0.4, 0.5) is 0 Å². The van der Waals surface area contributed by atoms with Crippen molar-refractivity contribution in [2.24, 2.45) is 0 Å². The molecule has 0 aromatic rings. The van der Waals surface area contributed by atoms with Crippen molar-refractivity contribution in [1.29, 1.82) is 0 Å².